The molecule has 0 spiro atoms. The van der Waals surface area contributed by atoms with Gasteiger partial charge in [-0.05, 0) is 19.4 Å². The Morgan fingerprint density at radius 3 is 2.78 bits per heavy atom. The zero-order chi connectivity index (χ0) is 15.9. The summed E-state index contributed by atoms with van der Waals surface area (Å²) in [5, 5.41) is 14.0. The molecule has 0 unspecified atom stereocenters. The smallest absolute Gasteiger partial charge is 0.206 e. The topological polar surface area (TPSA) is 91.4 Å². The highest BCUT2D eigenvalue weighted by molar-refractivity contribution is 5.13. The minimum Gasteiger partial charge on any atom is -0.367 e. The Morgan fingerprint density at radius 2 is 2.04 bits per heavy atom. The molecule has 1 aromatic carbocycles. The highest BCUT2D eigenvalue weighted by Gasteiger charge is 2.56. The van der Waals surface area contributed by atoms with Crippen molar-refractivity contribution in [1.29, 1.82) is 0 Å². The van der Waals surface area contributed by atoms with Crippen LogP contribution in [0, 0.1) is 0 Å². The Balaban J connectivity index is 1.54. The second kappa shape index (κ2) is 5.64. The Hall–Kier alpha value is -1.87. The molecule has 122 valence electrons. The van der Waals surface area contributed by atoms with Crippen LogP contribution in [-0.4, -0.2) is 44.9 Å². The predicted molar refractivity (Wildman–Crippen MR) is 76.8 cm³/mol. The van der Waals surface area contributed by atoms with Gasteiger partial charge in [0.05, 0.1) is 6.61 Å². The van der Waals surface area contributed by atoms with Gasteiger partial charge in [0.25, 0.3) is 0 Å². The monoisotopic (exact) mass is 318 g/mol. The van der Waals surface area contributed by atoms with Gasteiger partial charge in [0, 0.05) is 0 Å². The Bertz CT molecular complexity index is 649. The summed E-state index contributed by atoms with van der Waals surface area (Å²) in [6.07, 6.45) is -1.70. The molecule has 2 aromatic rings. The molecular weight excluding hydrogens is 300 g/mol. The minimum absolute atomic E-state index is 0.336. The lowest BCUT2D eigenvalue weighted by molar-refractivity contribution is -0.221. The van der Waals surface area contributed by atoms with Crippen molar-refractivity contribution in [2.75, 3.05) is 0 Å². The number of ether oxygens (including phenoxy) is 4. The maximum absolute atomic E-state index is 6.08. The molecule has 2 fully saturated rings. The SMILES string of the molecule is CC1(C)O[C@@H]2O[C@H](c3nn[nH]n3)[C@H](OCc3ccccc3)[C@@H]2O1. The van der Waals surface area contributed by atoms with Gasteiger partial charge in [-0.3, -0.25) is 0 Å². The number of tetrazole rings is 1. The van der Waals surface area contributed by atoms with Crippen molar-refractivity contribution < 1.29 is 18.9 Å². The standard InChI is InChI=1S/C15H18N4O4/c1-15(2)22-12-10(20-8-9-6-4-3-5-7-9)11(21-14(12)23-15)13-16-18-19-17-13/h3-7,10-12,14H,8H2,1-2H3,(H,16,17,18,19)/t10-,11-,12-,14-/m0/s1. The molecule has 8 nitrogen and oxygen atoms in total. The lowest BCUT2D eigenvalue weighted by atomic mass is 10.1. The van der Waals surface area contributed by atoms with E-state index in [0.717, 1.165) is 5.56 Å². The van der Waals surface area contributed by atoms with Gasteiger partial charge < -0.3 is 18.9 Å². The molecule has 8 heteroatoms. The van der Waals surface area contributed by atoms with Crippen LogP contribution in [-0.2, 0) is 25.6 Å². The molecule has 1 aromatic heterocycles. The molecule has 0 saturated carbocycles. The number of H-pyrrole nitrogens is 1. The van der Waals surface area contributed by atoms with E-state index in [1.54, 1.807) is 0 Å². The molecule has 2 saturated heterocycles. The van der Waals surface area contributed by atoms with Gasteiger partial charge in [0.15, 0.2) is 18.2 Å². The van der Waals surface area contributed by atoms with Crippen molar-refractivity contribution in [3.05, 3.63) is 41.7 Å². The van der Waals surface area contributed by atoms with E-state index in [-0.39, 0.29) is 12.2 Å². The largest absolute Gasteiger partial charge is 0.367 e. The average Bonchev–Trinajstić information content (AvgIpc) is 3.21. The van der Waals surface area contributed by atoms with Crippen molar-refractivity contribution >= 4 is 0 Å². The first kappa shape index (κ1) is 14.7. The van der Waals surface area contributed by atoms with Gasteiger partial charge in [-0.15, -0.1) is 10.2 Å². The molecule has 4 rings (SSSR count). The predicted octanol–water partition coefficient (Wildman–Crippen LogP) is 1.33. The molecular formula is C15H18N4O4. The van der Waals surface area contributed by atoms with Crippen LogP contribution in [0.3, 0.4) is 0 Å². The van der Waals surface area contributed by atoms with Gasteiger partial charge >= 0.3 is 0 Å². The minimum atomic E-state index is -0.702. The number of fused-ring (bicyclic) bond motifs is 1. The quantitative estimate of drug-likeness (QED) is 0.909. The van der Waals surface area contributed by atoms with E-state index in [9.17, 15) is 0 Å². The number of rotatable bonds is 4. The van der Waals surface area contributed by atoms with Crippen molar-refractivity contribution in [2.45, 2.75) is 50.8 Å². The number of aromatic nitrogens is 4. The number of aromatic amines is 1. The summed E-state index contributed by atoms with van der Waals surface area (Å²) in [7, 11) is 0. The van der Waals surface area contributed by atoms with Crippen LogP contribution in [0.15, 0.2) is 30.3 Å². The fraction of sp³-hybridized carbons (Fsp3) is 0.533. The highest BCUT2D eigenvalue weighted by atomic mass is 16.8. The van der Waals surface area contributed by atoms with Gasteiger partial charge in [-0.2, -0.15) is 5.21 Å². The van der Waals surface area contributed by atoms with Crippen LogP contribution in [0.2, 0.25) is 0 Å². The Kier molecular flexibility index (Phi) is 3.61. The second-order valence-corrected chi connectivity index (χ2v) is 6.06. The van der Waals surface area contributed by atoms with E-state index < -0.39 is 18.2 Å². The summed E-state index contributed by atoms with van der Waals surface area (Å²) in [6.45, 7) is 4.15. The third-order valence-corrected chi connectivity index (χ3v) is 3.89. The number of hydrogen-bond donors (Lipinski definition) is 1. The van der Waals surface area contributed by atoms with E-state index >= 15 is 0 Å². The second-order valence-electron chi connectivity index (χ2n) is 6.06. The summed E-state index contributed by atoms with van der Waals surface area (Å²) >= 11 is 0. The van der Waals surface area contributed by atoms with Crippen molar-refractivity contribution in [2.24, 2.45) is 0 Å². The van der Waals surface area contributed by atoms with Gasteiger partial charge in [0.2, 0.25) is 5.82 Å². The molecule has 2 aliphatic heterocycles. The number of nitrogens with one attached hydrogen (secondary N) is 1. The van der Waals surface area contributed by atoms with Crippen LogP contribution in [0.25, 0.3) is 0 Å². The van der Waals surface area contributed by atoms with Crippen LogP contribution in [0.4, 0.5) is 0 Å². The molecule has 4 atom stereocenters. The number of hydrogen-bond acceptors (Lipinski definition) is 7. The van der Waals surface area contributed by atoms with E-state index in [1.807, 2.05) is 44.2 Å². The normalized spacial score (nSPS) is 32.1. The van der Waals surface area contributed by atoms with Gasteiger partial charge in [0.1, 0.15) is 12.2 Å². The van der Waals surface area contributed by atoms with Crippen molar-refractivity contribution in [3.8, 4) is 0 Å². The Labute approximate surface area is 133 Å². The van der Waals surface area contributed by atoms with E-state index in [4.69, 9.17) is 18.9 Å². The first-order chi connectivity index (χ1) is 11.1. The summed E-state index contributed by atoms with van der Waals surface area (Å²) < 4.78 is 23.7. The lowest BCUT2D eigenvalue weighted by Crippen LogP contribution is -2.34. The van der Waals surface area contributed by atoms with Crippen molar-refractivity contribution in [3.63, 3.8) is 0 Å². The van der Waals surface area contributed by atoms with Crippen LogP contribution in [0.1, 0.15) is 31.3 Å². The highest BCUT2D eigenvalue weighted by Crippen LogP contribution is 2.43. The van der Waals surface area contributed by atoms with E-state index in [0.29, 0.717) is 12.4 Å². The van der Waals surface area contributed by atoms with Crippen molar-refractivity contribution in [1.82, 2.24) is 20.6 Å². The summed E-state index contributed by atoms with van der Waals surface area (Å²) in [5.74, 6) is -0.270. The van der Waals surface area contributed by atoms with E-state index in [1.165, 1.54) is 0 Å². The third kappa shape index (κ3) is 2.86. The van der Waals surface area contributed by atoms with E-state index in [2.05, 4.69) is 20.6 Å². The fourth-order valence-corrected chi connectivity index (χ4v) is 2.93. The van der Waals surface area contributed by atoms with Gasteiger partial charge in [-0.1, -0.05) is 35.5 Å². The fourth-order valence-electron chi connectivity index (χ4n) is 2.93. The summed E-state index contributed by atoms with van der Waals surface area (Å²) in [6, 6.07) is 9.93. The third-order valence-electron chi connectivity index (χ3n) is 3.89. The molecule has 0 aliphatic carbocycles. The molecule has 0 amide bonds. The van der Waals surface area contributed by atoms with Crippen LogP contribution < -0.4 is 0 Å². The number of nitrogens with zero attached hydrogens (tertiary/aromatic N) is 3. The molecule has 1 N–H and O–H groups in total. The molecule has 23 heavy (non-hydrogen) atoms. The molecule has 3 heterocycles. The lowest BCUT2D eigenvalue weighted by Gasteiger charge is -2.24. The van der Waals surface area contributed by atoms with Crippen LogP contribution >= 0.6 is 0 Å². The summed E-state index contributed by atoms with van der Waals surface area (Å²) in [4.78, 5) is 0. The first-order valence-corrected chi connectivity index (χ1v) is 7.52. The summed E-state index contributed by atoms with van der Waals surface area (Å²) in [5.41, 5.74) is 1.07. The molecule has 0 radical (unpaired) electrons. The maximum Gasteiger partial charge on any atom is 0.206 e. The number of benzene rings is 1. The average molecular weight is 318 g/mol. The first-order valence-electron chi connectivity index (χ1n) is 7.52. The zero-order valence-corrected chi connectivity index (χ0v) is 12.9. The molecule has 0 bridgehead atoms. The Morgan fingerprint density at radius 1 is 1.22 bits per heavy atom. The van der Waals surface area contributed by atoms with Gasteiger partial charge in [-0.25, -0.2) is 0 Å². The molecule has 2 aliphatic rings. The zero-order valence-electron chi connectivity index (χ0n) is 12.9. The van der Waals surface area contributed by atoms with Crippen LogP contribution in [0.5, 0.6) is 0 Å². The maximum atomic E-state index is 6.08.